The summed E-state index contributed by atoms with van der Waals surface area (Å²) in [5, 5.41) is 5.90. The van der Waals surface area contributed by atoms with Crippen molar-refractivity contribution >= 4 is 22.6 Å². The van der Waals surface area contributed by atoms with Gasteiger partial charge in [-0.15, -0.1) is 0 Å². The lowest BCUT2D eigenvalue weighted by molar-refractivity contribution is 0.149. The molecular formula is C29H27ClFN7. The number of halogens is 2. The first-order chi connectivity index (χ1) is 18.5. The molecule has 5 heterocycles. The van der Waals surface area contributed by atoms with E-state index >= 15 is 0 Å². The van der Waals surface area contributed by atoms with Gasteiger partial charge in [-0.3, -0.25) is 14.6 Å². The summed E-state index contributed by atoms with van der Waals surface area (Å²) in [7, 11) is 2.17. The molecule has 5 aromatic rings. The van der Waals surface area contributed by atoms with Crippen molar-refractivity contribution in [1.29, 1.82) is 0 Å². The third kappa shape index (κ3) is 5.15. The standard InChI is InChI=1S/C29H27ClFN7/c1-36-7-9-37(10-8-36)11-12-38-19-22(18-34-38)20-13-21(17-32-16-20)25-15-28(26-14-23(30)4-5-27(26)31)35-29-24(25)3-2-6-33-29/h2-6,13-19H,7-12H2,1H3. The highest BCUT2D eigenvalue weighted by molar-refractivity contribution is 6.30. The third-order valence-electron chi connectivity index (χ3n) is 7.05. The Morgan fingerprint density at radius 2 is 1.74 bits per heavy atom. The largest absolute Gasteiger partial charge is 0.304 e. The highest BCUT2D eigenvalue weighted by Gasteiger charge is 2.16. The Bertz CT molecular complexity index is 1590. The van der Waals surface area contributed by atoms with Crippen molar-refractivity contribution in [3.05, 3.63) is 84.3 Å². The Morgan fingerprint density at radius 3 is 2.61 bits per heavy atom. The van der Waals surface area contributed by atoms with Crippen molar-refractivity contribution in [3.8, 4) is 33.5 Å². The zero-order chi connectivity index (χ0) is 26.1. The van der Waals surface area contributed by atoms with E-state index in [0.29, 0.717) is 21.9 Å². The van der Waals surface area contributed by atoms with Gasteiger partial charge in [-0.25, -0.2) is 14.4 Å². The topological polar surface area (TPSA) is 63.0 Å². The fraction of sp³-hybridized carbons (Fsp3) is 0.241. The van der Waals surface area contributed by atoms with E-state index in [-0.39, 0.29) is 5.82 Å². The quantitative estimate of drug-likeness (QED) is 0.300. The molecule has 0 atom stereocenters. The predicted molar refractivity (Wildman–Crippen MR) is 148 cm³/mol. The highest BCUT2D eigenvalue weighted by Crippen LogP contribution is 2.34. The van der Waals surface area contributed by atoms with Gasteiger partial charge in [0.2, 0.25) is 0 Å². The van der Waals surface area contributed by atoms with Gasteiger partial charge in [0, 0.05) is 90.2 Å². The molecule has 0 N–H and O–H groups in total. The molecule has 6 rings (SSSR count). The molecule has 4 aromatic heterocycles. The van der Waals surface area contributed by atoms with Gasteiger partial charge in [0.1, 0.15) is 5.82 Å². The van der Waals surface area contributed by atoms with E-state index < -0.39 is 0 Å². The lowest BCUT2D eigenvalue weighted by Crippen LogP contribution is -2.45. The Morgan fingerprint density at radius 1 is 0.895 bits per heavy atom. The number of fused-ring (bicyclic) bond motifs is 1. The van der Waals surface area contributed by atoms with Crippen molar-refractivity contribution < 1.29 is 4.39 Å². The van der Waals surface area contributed by atoms with E-state index in [0.717, 1.165) is 66.9 Å². The number of likely N-dealkylation sites (N-methyl/N-ethyl adjacent to an activating group) is 1. The van der Waals surface area contributed by atoms with Crippen LogP contribution in [0.4, 0.5) is 4.39 Å². The van der Waals surface area contributed by atoms with Crippen molar-refractivity contribution in [2.45, 2.75) is 6.54 Å². The van der Waals surface area contributed by atoms with E-state index in [2.05, 4.69) is 49.2 Å². The van der Waals surface area contributed by atoms with Crippen LogP contribution in [-0.4, -0.2) is 74.3 Å². The molecule has 9 heteroatoms. The van der Waals surface area contributed by atoms with Gasteiger partial charge < -0.3 is 4.90 Å². The number of benzene rings is 1. The minimum atomic E-state index is -0.390. The molecule has 0 radical (unpaired) electrons. The number of nitrogens with zero attached hydrogens (tertiary/aromatic N) is 7. The summed E-state index contributed by atoms with van der Waals surface area (Å²) in [4.78, 5) is 18.4. The van der Waals surface area contributed by atoms with E-state index in [1.807, 2.05) is 35.3 Å². The van der Waals surface area contributed by atoms with Gasteiger partial charge in [0.15, 0.2) is 5.65 Å². The first-order valence-electron chi connectivity index (χ1n) is 12.6. The summed E-state index contributed by atoms with van der Waals surface area (Å²) in [6.45, 7) is 6.21. The van der Waals surface area contributed by atoms with E-state index in [1.54, 1.807) is 18.5 Å². The van der Waals surface area contributed by atoms with E-state index in [1.165, 1.54) is 12.1 Å². The Labute approximate surface area is 225 Å². The number of hydrogen-bond acceptors (Lipinski definition) is 6. The first kappa shape index (κ1) is 24.6. The van der Waals surface area contributed by atoms with Gasteiger partial charge in [0.25, 0.3) is 0 Å². The second-order valence-corrected chi connectivity index (χ2v) is 10.1. The lowest BCUT2D eigenvalue weighted by Gasteiger charge is -2.32. The summed E-state index contributed by atoms with van der Waals surface area (Å²) in [5.41, 5.74) is 5.03. The molecule has 0 aliphatic carbocycles. The maximum atomic E-state index is 14.7. The van der Waals surface area contributed by atoms with Crippen molar-refractivity contribution in [3.63, 3.8) is 0 Å². The zero-order valence-electron chi connectivity index (χ0n) is 21.1. The molecule has 0 spiro atoms. The second-order valence-electron chi connectivity index (χ2n) is 9.65. The number of pyridine rings is 3. The second kappa shape index (κ2) is 10.6. The average Bonchev–Trinajstić information content (AvgIpc) is 3.43. The van der Waals surface area contributed by atoms with Gasteiger partial charge in [-0.1, -0.05) is 11.6 Å². The van der Waals surface area contributed by atoms with Crippen LogP contribution in [-0.2, 0) is 6.54 Å². The van der Waals surface area contributed by atoms with Gasteiger partial charge in [0.05, 0.1) is 18.4 Å². The van der Waals surface area contributed by atoms with Crippen LogP contribution in [0.1, 0.15) is 0 Å². The molecule has 1 saturated heterocycles. The number of aromatic nitrogens is 5. The number of piperazine rings is 1. The van der Waals surface area contributed by atoms with Crippen LogP contribution < -0.4 is 0 Å². The monoisotopic (exact) mass is 527 g/mol. The van der Waals surface area contributed by atoms with Gasteiger partial charge in [-0.05, 0) is 55.1 Å². The van der Waals surface area contributed by atoms with Gasteiger partial charge >= 0.3 is 0 Å². The highest BCUT2D eigenvalue weighted by atomic mass is 35.5. The molecule has 1 aliphatic rings. The van der Waals surface area contributed by atoms with Crippen LogP contribution in [0.25, 0.3) is 44.5 Å². The molecular weight excluding hydrogens is 501 g/mol. The van der Waals surface area contributed by atoms with Crippen molar-refractivity contribution in [2.24, 2.45) is 0 Å². The van der Waals surface area contributed by atoms with Crippen LogP contribution in [0.3, 0.4) is 0 Å². The minimum absolute atomic E-state index is 0.331. The maximum Gasteiger partial charge on any atom is 0.160 e. The molecule has 1 aromatic carbocycles. The first-order valence-corrected chi connectivity index (χ1v) is 13.0. The molecule has 1 fully saturated rings. The lowest BCUT2D eigenvalue weighted by atomic mass is 9.99. The van der Waals surface area contributed by atoms with Crippen LogP contribution in [0.5, 0.6) is 0 Å². The molecule has 0 bridgehead atoms. The molecule has 38 heavy (non-hydrogen) atoms. The molecule has 0 saturated carbocycles. The number of hydrogen-bond donors (Lipinski definition) is 0. The maximum absolute atomic E-state index is 14.7. The van der Waals surface area contributed by atoms with Crippen LogP contribution in [0, 0.1) is 5.82 Å². The van der Waals surface area contributed by atoms with Gasteiger partial charge in [-0.2, -0.15) is 5.10 Å². The van der Waals surface area contributed by atoms with Crippen LogP contribution in [0.15, 0.2) is 73.4 Å². The van der Waals surface area contributed by atoms with Crippen molar-refractivity contribution in [1.82, 2.24) is 34.5 Å². The third-order valence-corrected chi connectivity index (χ3v) is 7.28. The fourth-order valence-corrected chi connectivity index (χ4v) is 5.00. The predicted octanol–water partition coefficient (Wildman–Crippen LogP) is 5.26. The van der Waals surface area contributed by atoms with Crippen LogP contribution >= 0.6 is 11.6 Å². The van der Waals surface area contributed by atoms with E-state index in [9.17, 15) is 4.39 Å². The fourth-order valence-electron chi connectivity index (χ4n) is 4.82. The number of rotatable bonds is 6. The van der Waals surface area contributed by atoms with Crippen LogP contribution in [0.2, 0.25) is 5.02 Å². The van der Waals surface area contributed by atoms with E-state index in [4.69, 9.17) is 11.6 Å². The Balaban J connectivity index is 1.32. The summed E-state index contributed by atoms with van der Waals surface area (Å²) in [6.07, 6.45) is 9.27. The normalized spacial score (nSPS) is 14.8. The summed E-state index contributed by atoms with van der Waals surface area (Å²) < 4.78 is 16.7. The molecule has 1 aliphatic heterocycles. The summed E-state index contributed by atoms with van der Waals surface area (Å²) in [6, 6.07) is 12.3. The zero-order valence-corrected chi connectivity index (χ0v) is 21.8. The summed E-state index contributed by atoms with van der Waals surface area (Å²) >= 11 is 6.17. The Hall–Kier alpha value is -3.72. The molecule has 0 amide bonds. The smallest absolute Gasteiger partial charge is 0.160 e. The molecule has 0 unspecified atom stereocenters. The average molecular weight is 528 g/mol. The Kier molecular flexibility index (Phi) is 6.84. The SMILES string of the molecule is CN1CCN(CCn2cc(-c3cncc(-c4cc(-c5cc(Cl)ccc5F)nc5ncccc45)c3)cn2)CC1. The van der Waals surface area contributed by atoms with Crippen molar-refractivity contribution in [2.75, 3.05) is 39.8 Å². The summed E-state index contributed by atoms with van der Waals surface area (Å²) in [5.74, 6) is -0.390. The molecule has 192 valence electrons. The minimum Gasteiger partial charge on any atom is -0.304 e. The molecule has 7 nitrogen and oxygen atoms in total.